The highest BCUT2D eigenvalue weighted by molar-refractivity contribution is 5.87. The van der Waals surface area contributed by atoms with Crippen molar-refractivity contribution in [2.24, 2.45) is 17.1 Å². The molecule has 1 aliphatic carbocycles. The van der Waals surface area contributed by atoms with Gasteiger partial charge in [-0.15, -0.1) is 0 Å². The van der Waals surface area contributed by atoms with Crippen molar-refractivity contribution in [2.45, 2.75) is 45.7 Å². The lowest BCUT2D eigenvalue weighted by Crippen LogP contribution is -2.44. The maximum absolute atomic E-state index is 12.7. The largest absolute Gasteiger partial charge is 0.383 e. The normalized spacial score (nSPS) is 22.4. The molecule has 4 N–H and O–H groups in total. The number of rotatable bonds is 5. The molecule has 158 valence electrons. The second kappa shape index (κ2) is 6.88. The van der Waals surface area contributed by atoms with Crippen molar-refractivity contribution < 1.29 is 4.74 Å². The number of benzene rings is 1. The molecule has 0 bridgehead atoms. The van der Waals surface area contributed by atoms with Crippen LogP contribution in [0.5, 0.6) is 0 Å². The number of hydrogen-bond acceptors (Lipinski definition) is 6. The lowest BCUT2D eigenvalue weighted by molar-refractivity contribution is 0.130. The van der Waals surface area contributed by atoms with Crippen molar-refractivity contribution in [1.29, 1.82) is 0 Å². The van der Waals surface area contributed by atoms with Crippen molar-refractivity contribution in [3.05, 3.63) is 38.5 Å². The van der Waals surface area contributed by atoms with Gasteiger partial charge in [0.05, 0.1) is 17.5 Å². The fourth-order valence-corrected chi connectivity index (χ4v) is 4.98. The van der Waals surface area contributed by atoms with Gasteiger partial charge in [0.25, 0.3) is 5.56 Å². The molecule has 2 aromatic rings. The number of nitrogen functional groups attached to an aromatic ring is 1. The Labute approximate surface area is 170 Å². The fraction of sp³-hybridized carbons (Fsp3) is 0.619. The molecule has 8 heteroatoms. The number of aryl methyl sites for hydroxylation is 1. The Morgan fingerprint density at radius 1 is 1.28 bits per heavy atom. The number of nitrogens with two attached hydrogens (primary N) is 2. The van der Waals surface area contributed by atoms with Gasteiger partial charge < -0.3 is 21.2 Å². The first-order valence-corrected chi connectivity index (χ1v) is 10.2. The summed E-state index contributed by atoms with van der Waals surface area (Å²) in [5.41, 5.74) is 8.25. The molecule has 1 aliphatic heterocycles. The molecule has 0 amide bonds. The second-order valence-corrected chi connectivity index (χ2v) is 9.26. The first-order valence-electron chi connectivity index (χ1n) is 10.2. The zero-order valence-corrected chi connectivity index (χ0v) is 17.6. The van der Waals surface area contributed by atoms with Gasteiger partial charge in [0.15, 0.2) is 0 Å². The standard InChI is InChI=1S/C21H31N5O3/c1-12-17(24-9-15(16(22)10-29-4)21(2,3)11-24)8-7-14-18(12)25(13-5-6-13)20(28)26(23)19(14)27/h7-8,13,15-16H,5-6,9-11,22-23H2,1-4H3/t15-,16-/m0/s1. The van der Waals surface area contributed by atoms with E-state index in [1.54, 1.807) is 17.7 Å². The maximum Gasteiger partial charge on any atom is 0.350 e. The van der Waals surface area contributed by atoms with E-state index >= 15 is 0 Å². The van der Waals surface area contributed by atoms with Gasteiger partial charge in [-0.2, -0.15) is 4.68 Å². The lowest BCUT2D eigenvalue weighted by Gasteiger charge is -2.29. The lowest BCUT2D eigenvalue weighted by atomic mass is 9.78. The molecule has 2 atom stereocenters. The number of methoxy groups -OCH3 is 1. The average molecular weight is 402 g/mol. The van der Waals surface area contributed by atoms with Crippen LogP contribution in [0.25, 0.3) is 10.9 Å². The summed E-state index contributed by atoms with van der Waals surface area (Å²) in [5, 5.41) is 0.492. The Morgan fingerprint density at radius 2 is 1.97 bits per heavy atom. The minimum absolute atomic E-state index is 0.0240. The Hall–Kier alpha value is -2.32. The van der Waals surface area contributed by atoms with Crippen LogP contribution in [-0.4, -0.2) is 42.1 Å². The topological polar surface area (TPSA) is 109 Å². The smallest absolute Gasteiger partial charge is 0.350 e. The molecule has 2 fully saturated rings. The number of fused-ring (bicyclic) bond motifs is 1. The van der Waals surface area contributed by atoms with Gasteiger partial charge in [-0.25, -0.2) is 4.79 Å². The third-order valence-corrected chi connectivity index (χ3v) is 6.65. The number of hydrogen-bond donors (Lipinski definition) is 2. The third kappa shape index (κ3) is 3.14. The average Bonchev–Trinajstić information content (AvgIpc) is 3.44. The zero-order valence-electron chi connectivity index (χ0n) is 17.6. The molecule has 0 unspecified atom stereocenters. The molecule has 29 heavy (non-hydrogen) atoms. The van der Waals surface area contributed by atoms with Gasteiger partial charge in [0.2, 0.25) is 0 Å². The van der Waals surface area contributed by atoms with Crippen molar-refractivity contribution in [2.75, 3.05) is 37.5 Å². The molecule has 1 saturated carbocycles. The highest BCUT2D eigenvalue weighted by Crippen LogP contribution is 2.42. The van der Waals surface area contributed by atoms with Crippen LogP contribution in [0.3, 0.4) is 0 Å². The molecule has 1 saturated heterocycles. The fourth-order valence-electron chi connectivity index (χ4n) is 4.98. The van der Waals surface area contributed by atoms with Crippen LogP contribution in [0.4, 0.5) is 5.69 Å². The van der Waals surface area contributed by atoms with Crippen LogP contribution in [0, 0.1) is 18.3 Å². The Balaban J connectivity index is 1.83. The van der Waals surface area contributed by atoms with Crippen LogP contribution < -0.4 is 27.7 Å². The monoisotopic (exact) mass is 401 g/mol. The molecule has 0 radical (unpaired) electrons. The van der Waals surface area contributed by atoms with Crippen molar-refractivity contribution >= 4 is 16.6 Å². The summed E-state index contributed by atoms with van der Waals surface area (Å²) >= 11 is 0. The summed E-state index contributed by atoms with van der Waals surface area (Å²) in [6.45, 7) is 8.64. The summed E-state index contributed by atoms with van der Waals surface area (Å²) in [4.78, 5) is 27.7. The summed E-state index contributed by atoms with van der Waals surface area (Å²) < 4.78 is 7.74. The molecule has 1 aromatic heterocycles. The van der Waals surface area contributed by atoms with E-state index in [9.17, 15) is 9.59 Å². The zero-order chi connectivity index (χ0) is 21.1. The number of ether oxygens (including phenoxy) is 1. The number of aromatic nitrogens is 2. The second-order valence-electron chi connectivity index (χ2n) is 9.26. The molecule has 2 aliphatic rings. The van der Waals surface area contributed by atoms with E-state index < -0.39 is 11.2 Å². The third-order valence-electron chi connectivity index (χ3n) is 6.65. The van der Waals surface area contributed by atoms with Crippen LogP contribution in [0.2, 0.25) is 0 Å². The van der Waals surface area contributed by atoms with Crippen LogP contribution in [0.1, 0.15) is 38.3 Å². The highest BCUT2D eigenvalue weighted by Gasteiger charge is 2.43. The molecular weight excluding hydrogens is 370 g/mol. The quantitative estimate of drug-likeness (QED) is 0.723. The van der Waals surface area contributed by atoms with E-state index in [0.717, 1.165) is 41.9 Å². The molecule has 0 spiro atoms. The summed E-state index contributed by atoms with van der Waals surface area (Å²) in [7, 11) is 1.68. The van der Waals surface area contributed by atoms with Crippen LogP contribution >= 0.6 is 0 Å². The number of nitrogens with zero attached hydrogens (tertiary/aromatic N) is 3. The van der Waals surface area contributed by atoms with E-state index in [2.05, 4.69) is 18.7 Å². The summed E-state index contributed by atoms with van der Waals surface area (Å²) in [6, 6.07) is 3.85. The van der Waals surface area contributed by atoms with Crippen molar-refractivity contribution in [3.63, 3.8) is 0 Å². The van der Waals surface area contributed by atoms with Crippen molar-refractivity contribution in [1.82, 2.24) is 9.24 Å². The van der Waals surface area contributed by atoms with E-state index in [0.29, 0.717) is 17.5 Å². The molecule has 8 nitrogen and oxygen atoms in total. The Bertz CT molecular complexity index is 1070. The van der Waals surface area contributed by atoms with Gasteiger partial charge >= 0.3 is 5.69 Å². The minimum atomic E-state index is -0.446. The first-order chi connectivity index (χ1) is 13.7. The van der Waals surface area contributed by atoms with E-state index in [1.165, 1.54) is 0 Å². The van der Waals surface area contributed by atoms with E-state index in [4.69, 9.17) is 16.3 Å². The first kappa shape index (κ1) is 20.0. The maximum atomic E-state index is 12.7. The van der Waals surface area contributed by atoms with Gasteiger partial charge in [0, 0.05) is 43.9 Å². The van der Waals surface area contributed by atoms with Crippen molar-refractivity contribution in [3.8, 4) is 0 Å². The van der Waals surface area contributed by atoms with Gasteiger partial charge in [-0.05, 0) is 42.9 Å². The number of anilines is 1. The molecule has 4 rings (SSSR count). The Morgan fingerprint density at radius 3 is 2.59 bits per heavy atom. The van der Waals surface area contributed by atoms with Crippen LogP contribution in [-0.2, 0) is 4.74 Å². The van der Waals surface area contributed by atoms with E-state index in [1.807, 2.05) is 13.0 Å². The van der Waals surface area contributed by atoms with Gasteiger partial charge in [0.1, 0.15) is 0 Å². The van der Waals surface area contributed by atoms with Gasteiger partial charge in [-0.1, -0.05) is 13.8 Å². The Kier molecular flexibility index (Phi) is 4.74. The molecular formula is C21H31N5O3. The molecule has 2 heterocycles. The van der Waals surface area contributed by atoms with E-state index in [-0.39, 0.29) is 23.4 Å². The minimum Gasteiger partial charge on any atom is -0.383 e. The van der Waals surface area contributed by atoms with Gasteiger partial charge in [-0.3, -0.25) is 9.36 Å². The SMILES string of the molecule is COC[C@H](N)[C@@H]1CN(c2ccc3c(=O)n(N)c(=O)n(C4CC4)c3c2C)CC1(C)C. The van der Waals surface area contributed by atoms with Crippen LogP contribution in [0.15, 0.2) is 21.7 Å². The predicted octanol–water partition coefficient (Wildman–Crippen LogP) is 0.956. The highest BCUT2D eigenvalue weighted by atomic mass is 16.5. The molecule has 1 aromatic carbocycles. The predicted molar refractivity (Wildman–Crippen MR) is 115 cm³/mol. The summed E-state index contributed by atoms with van der Waals surface area (Å²) in [5.74, 6) is 6.05. The summed E-state index contributed by atoms with van der Waals surface area (Å²) in [6.07, 6.45) is 1.86.